The molecule has 7 heteroatoms. The van der Waals surface area contributed by atoms with E-state index in [9.17, 15) is 9.59 Å². The van der Waals surface area contributed by atoms with Crippen LogP contribution in [0, 0.1) is 11.8 Å². The summed E-state index contributed by atoms with van der Waals surface area (Å²) in [6.45, 7) is 1.32. The van der Waals surface area contributed by atoms with E-state index >= 15 is 0 Å². The zero-order valence-electron chi connectivity index (χ0n) is 16.7. The second-order valence-electron chi connectivity index (χ2n) is 8.02. The van der Waals surface area contributed by atoms with E-state index in [-0.39, 0.29) is 17.9 Å². The highest BCUT2D eigenvalue weighted by Gasteiger charge is 2.66. The van der Waals surface area contributed by atoms with Gasteiger partial charge in [-0.3, -0.25) is 14.6 Å². The van der Waals surface area contributed by atoms with Crippen molar-refractivity contribution in [3.63, 3.8) is 0 Å². The van der Waals surface area contributed by atoms with Gasteiger partial charge in [-0.15, -0.1) is 0 Å². The number of aromatic nitrogens is 1. The number of carbonyl (C=O) groups excluding carboxylic acids is 2. The van der Waals surface area contributed by atoms with E-state index in [0.29, 0.717) is 19.6 Å². The van der Waals surface area contributed by atoms with Crippen molar-refractivity contribution in [2.24, 2.45) is 11.8 Å². The molecule has 2 amide bonds. The average Bonchev–Trinajstić information content (AvgIpc) is 3.41. The Morgan fingerprint density at radius 2 is 2.13 bits per heavy atom. The van der Waals surface area contributed by atoms with Gasteiger partial charge in [0.2, 0.25) is 11.8 Å². The van der Waals surface area contributed by atoms with Crippen molar-refractivity contribution >= 4 is 11.8 Å². The van der Waals surface area contributed by atoms with Gasteiger partial charge in [-0.05, 0) is 29.3 Å². The summed E-state index contributed by atoms with van der Waals surface area (Å²) in [6, 6.07) is 11.3. The maximum atomic E-state index is 13.2. The minimum absolute atomic E-state index is 0.0321. The number of pyridine rings is 1. The molecule has 1 N–H and O–H groups in total. The largest absolute Gasteiger partial charge is 0.497 e. The summed E-state index contributed by atoms with van der Waals surface area (Å²) < 4.78 is 11.3. The number of carbonyl (C=O) groups is 2. The number of hydrogen-bond donors (Lipinski definition) is 1. The third-order valence-corrected chi connectivity index (χ3v) is 6.20. The molecular formula is C23H23N3O4. The summed E-state index contributed by atoms with van der Waals surface area (Å²) in [6.07, 6.45) is 7.01. The van der Waals surface area contributed by atoms with Gasteiger partial charge in [0.15, 0.2) is 0 Å². The third-order valence-electron chi connectivity index (χ3n) is 6.20. The molecule has 0 saturated carbocycles. The molecule has 0 unspecified atom stereocenters. The first kappa shape index (κ1) is 18.8. The molecule has 0 aliphatic carbocycles. The molecule has 7 nitrogen and oxygen atoms in total. The van der Waals surface area contributed by atoms with Crippen LogP contribution in [0.1, 0.15) is 11.1 Å². The lowest BCUT2D eigenvalue weighted by Gasteiger charge is -2.23. The second kappa shape index (κ2) is 7.25. The number of hydrogen-bond acceptors (Lipinski definition) is 5. The number of fused-ring (bicyclic) bond motifs is 1. The van der Waals surface area contributed by atoms with Crippen LogP contribution in [0.2, 0.25) is 0 Å². The first-order valence-electron chi connectivity index (χ1n) is 10.1. The molecule has 5 rings (SSSR count). The van der Waals surface area contributed by atoms with Crippen LogP contribution in [0.25, 0.3) is 0 Å². The lowest BCUT2D eigenvalue weighted by molar-refractivity contribution is -0.137. The number of methoxy groups -OCH3 is 1. The Bertz CT molecular complexity index is 991. The predicted octanol–water partition coefficient (Wildman–Crippen LogP) is 1.69. The van der Waals surface area contributed by atoms with Crippen molar-refractivity contribution in [2.45, 2.75) is 24.8 Å². The Hall–Kier alpha value is -3.19. The molecule has 2 fully saturated rings. The Kier molecular flexibility index (Phi) is 4.55. The maximum Gasteiger partial charge on any atom is 0.230 e. The van der Waals surface area contributed by atoms with Gasteiger partial charge in [-0.2, -0.15) is 0 Å². The Labute approximate surface area is 174 Å². The van der Waals surface area contributed by atoms with Gasteiger partial charge >= 0.3 is 0 Å². The van der Waals surface area contributed by atoms with Gasteiger partial charge in [0.1, 0.15) is 11.4 Å². The SMILES string of the molecule is COc1ccc(CNC(=O)[C@H]2[C@@H]3C=C[C@@]4(CN(Cc5cccnc5)C(=O)[C@H]24)O3)cc1. The molecule has 2 aromatic rings. The van der Waals surface area contributed by atoms with Crippen LogP contribution >= 0.6 is 0 Å². The molecule has 0 radical (unpaired) electrons. The molecule has 2 bridgehead atoms. The predicted molar refractivity (Wildman–Crippen MR) is 108 cm³/mol. The molecule has 4 atom stereocenters. The Morgan fingerprint density at radius 3 is 2.87 bits per heavy atom. The van der Waals surface area contributed by atoms with E-state index in [4.69, 9.17) is 9.47 Å². The van der Waals surface area contributed by atoms with E-state index < -0.39 is 17.4 Å². The fourth-order valence-corrected chi connectivity index (χ4v) is 4.77. The van der Waals surface area contributed by atoms with Crippen LogP contribution in [-0.4, -0.2) is 47.1 Å². The zero-order chi connectivity index (χ0) is 20.7. The highest BCUT2D eigenvalue weighted by Crippen LogP contribution is 2.52. The van der Waals surface area contributed by atoms with Crippen molar-refractivity contribution in [1.82, 2.24) is 15.2 Å². The summed E-state index contributed by atoms with van der Waals surface area (Å²) in [7, 11) is 1.62. The Morgan fingerprint density at radius 1 is 1.30 bits per heavy atom. The van der Waals surface area contributed by atoms with E-state index in [1.54, 1.807) is 24.4 Å². The number of nitrogens with one attached hydrogen (secondary N) is 1. The second-order valence-corrected chi connectivity index (χ2v) is 8.02. The van der Waals surface area contributed by atoms with Gasteiger partial charge in [0.25, 0.3) is 0 Å². The molecule has 2 saturated heterocycles. The number of amides is 2. The van der Waals surface area contributed by atoms with Crippen LogP contribution in [0.3, 0.4) is 0 Å². The van der Waals surface area contributed by atoms with E-state index in [1.807, 2.05) is 48.6 Å². The third kappa shape index (κ3) is 3.06. The van der Waals surface area contributed by atoms with Gasteiger partial charge < -0.3 is 19.7 Å². The molecular weight excluding hydrogens is 382 g/mol. The van der Waals surface area contributed by atoms with Crippen molar-refractivity contribution in [2.75, 3.05) is 13.7 Å². The van der Waals surface area contributed by atoms with Crippen molar-refractivity contribution in [1.29, 1.82) is 0 Å². The minimum Gasteiger partial charge on any atom is -0.497 e. The topological polar surface area (TPSA) is 80.8 Å². The highest BCUT2D eigenvalue weighted by molar-refractivity contribution is 5.93. The molecule has 4 heterocycles. The molecule has 1 aromatic carbocycles. The Balaban J connectivity index is 1.29. The van der Waals surface area contributed by atoms with E-state index in [0.717, 1.165) is 16.9 Å². The number of benzene rings is 1. The molecule has 3 aliphatic rings. The fraction of sp³-hybridized carbons (Fsp3) is 0.348. The number of ether oxygens (including phenoxy) is 2. The quantitative estimate of drug-likeness (QED) is 0.740. The summed E-state index contributed by atoms with van der Waals surface area (Å²) in [5.41, 5.74) is 1.22. The standard InChI is InChI=1S/C23H23N3O4/c1-29-17-6-4-15(5-7-17)12-25-21(27)19-18-8-9-23(30-18)14-26(22(28)20(19)23)13-16-3-2-10-24-11-16/h2-11,18-20H,12-14H2,1H3,(H,25,27)/t18-,19-,20-,23-/m0/s1. The monoisotopic (exact) mass is 405 g/mol. The van der Waals surface area contributed by atoms with E-state index in [2.05, 4.69) is 10.3 Å². The summed E-state index contributed by atoms with van der Waals surface area (Å²) in [4.78, 5) is 32.2. The normalized spacial score (nSPS) is 28.6. The van der Waals surface area contributed by atoms with Gasteiger partial charge in [0.05, 0.1) is 31.6 Å². The first-order chi connectivity index (χ1) is 14.6. The zero-order valence-corrected chi connectivity index (χ0v) is 16.7. The summed E-state index contributed by atoms with van der Waals surface area (Å²) >= 11 is 0. The van der Waals surface area contributed by atoms with Crippen molar-refractivity contribution in [3.05, 3.63) is 72.1 Å². The van der Waals surface area contributed by atoms with Crippen LogP contribution in [0.4, 0.5) is 0 Å². The minimum atomic E-state index is -0.702. The molecule has 154 valence electrons. The maximum absolute atomic E-state index is 13.2. The number of nitrogens with zero attached hydrogens (tertiary/aromatic N) is 2. The van der Waals surface area contributed by atoms with Gasteiger partial charge in [0, 0.05) is 25.5 Å². The highest BCUT2D eigenvalue weighted by atomic mass is 16.5. The van der Waals surface area contributed by atoms with Gasteiger partial charge in [-0.25, -0.2) is 0 Å². The summed E-state index contributed by atoms with van der Waals surface area (Å²) in [5, 5.41) is 2.98. The van der Waals surface area contributed by atoms with Crippen LogP contribution in [-0.2, 0) is 27.4 Å². The van der Waals surface area contributed by atoms with Gasteiger partial charge in [-0.1, -0.05) is 30.4 Å². The average molecular weight is 405 g/mol. The first-order valence-corrected chi connectivity index (χ1v) is 10.1. The smallest absolute Gasteiger partial charge is 0.230 e. The van der Waals surface area contributed by atoms with E-state index in [1.165, 1.54) is 0 Å². The van der Waals surface area contributed by atoms with Crippen molar-refractivity contribution < 1.29 is 19.1 Å². The fourth-order valence-electron chi connectivity index (χ4n) is 4.77. The lowest BCUT2D eigenvalue weighted by Crippen LogP contribution is -2.43. The number of rotatable bonds is 6. The van der Waals surface area contributed by atoms with Crippen LogP contribution in [0.5, 0.6) is 5.75 Å². The molecule has 3 aliphatic heterocycles. The lowest BCUT2D eigenvalue weighted by atomic mass is 9.77. The summed E-state index contributed by atoms with van der Waals surface area (Å²) in [5.74, 6) is -0.414. The van der Waals surface area contributed by atoms with Crippen LogP contribution < -0.4 is 10.1 Å². The molecule has 1 spiro atoms. The number of likely N-dealkylation sites (tertiary alicyclic amines) is 1. The van der Waals surface area contributed by atoms with Crippen molar-refractivity contribution in [3.8, 4) is 5.75 Å². The molecule has 30 heavy (non-hydrogen) atoms. The molecule has 1 aromatic heterocycles. The van der Waals surface area contributed by atoms with Crippen LogP contribution in [0.15, 0.2) is 60.9 Å².